The first-order valence-corrected chi connectivity index (χ1v) is 10.6. The first-order chi connectivity index (χ1) is 13.5. The summed E-state index contributed by atoms with van der Waals surface area (Å²) in [6.45, 7) is 11.4. The molecule has 0 unspecified atom stereocenters. The highest BCUT2D eigenvalue weighted by atomic mass is 16.3. The number of fused-ring (bicyclic) bond motifs is 1. The number of anilines is 1. The van der Waals surface area contributed by atoms with Crippen molar-refractivity contribution in [1.29, 1.82) is 0 Å². The van der Waals surface area contributed by atoms with E-state index in [1.807, 2.05) is 18.7 Å². The van der Waals surface area contributed by atoms with Gasteiger partial charge in [0, 0.05) is 42.4 Å². The van der Waals surface area contributed by atoms with Gasteiger partial charge in [0.2, 0.25) is 0 Å². The average Bonchev–Trinajstić information content (AvgIpc) is 3.09. The summed E-state index contributed by atoms with van der Waals surface area (Å²) in [5, 5.41) is 0. The molecule has 0 saturated carbocycles. The molecule has 4 heterocycles. The highest BCUT2D eigenvalue weighted by Gasteiger charge is 2.23. The van der Waals surface area contributed by atoms with Crippen LogP contribution in [-0.4, -0.2) is 23.1 Å². The number of pyridine rings is 2. The molecule has 2 atom stereocenters. The Morgan fingerprint density at radius 1 is 1.11 bits per heavy atom. The third kappa shape index (κ3) is 3.91. The summed E-state index contributed by atoms with van der Waals surface area (Å²) in [5.41, 5.74) is 6.87. The minimum absolute atomic E-state index is 0.414. The van der Waals surface area contributed by atoms with E-state index in [1.165, 1.54) is 23.2 Å². The Balaban J connectivity index is 1.54. The molecule has 0 aliphatic carbocycles. The molecule has 148 valence electrons. The van der Waals surface area contributed by atoms with Gasteiger partial charge in [-0.05, 0) is 60.8 Å². The molecule has 0 N–H and O–H groups in total. The number of piperidine rings is 1. The quantitative estimate of drug-likeness (QED) is 0.579. The zero-order valence-electron chi connectivity index (χ0n) is 17.5. The van der Waals surface area contributed by atoms with Gasteiger partial charge in [0.25, 0.3) is 0 Å². The molecular formula is C24H31N3O. The maximum Gasteiger partial charge on any atom is 0.152 e. The van der Waals surface area contributed by atoms with Gasteiger partial charge < -0.3 is 9.32 Å². The van der Waals surface area contributed by atoms with E-state index in [9.17, 15) is 0 Å². The van der Waals surface area contributed by atoms with Crippen molar-refractivity contribution < 1.29 is 4.42 Å². The second-order valence-electron chi connectivity index (χ2n) is 8.85. The second kappa shape index (κ2) is 7.94. The van der Waals surface area contributed by atoms with Gasteiger partial charge in [-0.2, -0.15) is 0 Å². The third-order valence-corrected chi connectivity index (χ3v) is 5.86. The van der Waals surface area contributed by atoms with Crippen LogP contribution in [0.3, 0.4) is 0 Å². The number of aryl methyl sites for hydroxylation is 2. The molecule has 1 aliphatic heterocycles. The zero-order valence-corrected chi connectivity index (χ0v) is 17.5. The van der Waals surface area contributed by atoms with Crippen LogP contribution in [0.25, 0.3) is 11.1 Å². The van der Waals surface area contributed by atoms with Gasteiger partial charge in [0.05, 0.1) is 6.26 Å². The first-order valence-electron chi connectivity index (χ1n) is 10.6. The standard InChI is InChI=1S/C24H31N3O/c1-16(2)21-15-28-23-8-7-20(26-24(21)23)6-5-19-12-25-10-9-22(19)27-13-17(3)11-18(4)14-27/h7-10,12,15-18H,5-6,11,13-14H2,1-4H3/t17-,18+. The van der Waals surface area contributed by atoms with Gasteiger partial charge in [-0.3, -0.25) is 4.98 Å². The Hall–Kier alpha value is -2.36. The second-order valence-corrected chi connectivity index (χ2v) is 8.85. The number of rotatable bonds is 5. The van der Waals surface area contributed by atoms with Gasteiger partial charge in [0.1, 0.15) is 5.52 Å². The van der Waals surface area contributed by atoms with Crippen LogP contribution in [0.5, 0.6) is 0 Å². The predicted molar refractivity (Wildman–Crippen MR) is 115 cm³/mol. The van der Waals surface area contributed by atoms with Crippen LogP contribution < -0.4 is 4.90 Å². The summed E-state index contributed by atoms with van der Waals surface area (Å²) < 4.78 is 5.67. The summed E-state index contributed by atoms with van der Waals surface area (Å²) in [4.78, 5) is 11.9. The SMILES string of the molecule is CC(C)c1coc2ccc(CCc3cnccc3N3C[C@H](C)C[C@H](C)C3)nc12. The number of furan rings is 1. The molecule has 3 aromatic rings. The maximum absolute atomic E-state index is 5.67. The Labute approximate surface area is 168 Å². The molecule has 0 bridgehead atoms. The Bertz CT molecular complexity index is 936. The van der Waals surface area contributed by atoms with E-state index >= 15 is 0 Å². The number of hydrogen-bond acceptors (Lipinski definition) is 4. The lowest BCUT2D eigenvalue weighted by atomic mass is 9.91. The van der Waals surface area contributed by atoms with Crippen molar-refractivity contribution in [1.82, 2.24) is 9.97 Å². The summed E-state index contributed by atoms with van der Waals surface area (Å²) in [6, 6.07) is 6.34. The van der Waals surface area contributed by atoms with E-state index < -0.39 is 0 Å². The van der Waals surface area contributed by atoms with E-state index in [4.69, 9.17) is 9.40 Å². The van der Waals surface area contributed by atoms with Crippen LogP contribution in [0.15, 0.2) is 41.3 Å². The highest BCUT2D eigenvalue weighted by Crippen LogP contribution is 2.30. The van der Waals surface area contributed by atoms with Crippen LogP contribution in [0.2, 0.25) is 0 Å². The summed E-state index contributed by atoms with van der Waals surface area (Å²) in [5.74, 6) is 1.89. The Morgan fingerprint density at radius 3 is 2.64 bits per heavy atom. The zero-order chi connectivity index (χ0) is 19.7. The number of hydrogen-bond donors (Lipinski definition) is 0. The van der Waals surface area contributed by atoms with Crippen molar-refractivity contribution >= 4 is 16.8 Å². The molecule has 0 amide bonds. The molecule has 1 saturated heterocycles. The van der Waals surface area contributed by atoms with Crippen LogP contribution in [0.1, 0.15) is 56.9 Å². The van der Waals surface area contributed by atoms with E-state index in [-0.39, 0.29) is 0 Å². The number of nitrogens with zero attached hydrogens (tertiary/aromatic N) is 3. The minimum Gasteiger partial charge on any atom is -0.462 e. The Kier molecular flexibility index (Phi) is 5.38. The van der Waals surface area contributed by atoms with Crippen molar-refractivity contribution in [3.63, 3.8) is 0 Å². The van der Waals surface area contributed by atoms with Crippen molar-refractivity contribution in [2.75, 3.05) is 18.0 Å². The van der Waals surface area contributed by atoms with Gasteiger partial charge >= 0.3 is 0 Å². The summed E-state index contributed by atoms with van der Waals surface area (Å²) in [6.07, 6.45) is 9.00. The first kappa shape index (κ1) is 19.0. The van der Waals surface area contributed by atoms with Gasteiger partial charge in [0.15, 0.2) is 5.58 Å². The van der Waals surface area contributed by atoms with E-state index in [0.717, 1.165) is 54.6 Å². The fraction of sp³-hybridized carbons (Fsp3) is 0.500. The molecular weight excluding hydrogens is 346 g/mol. The fourth-order valence-electron chi connectivity index (χ4n) is 4.56. The smallest absolute Gasteiger partial charge is 0.152 e. The van der Waals surface area contributed by atoms with E-state index in [1.54, 1.807) is 0 Å². The van der Waals surface area contributed by atoms with Crippen LogP contribution in [0, 0.1) is 11.8 Å². The van der Waals surface area contributed by atoms with Crippen molar-refractivity contribution in [3.8, 4) is 0 Å². The third-order valence-electron chi connectivity index (χ3n) is 5.86. The molecule has 0 aromatic carbocycles. The molecule has 0 radical (unpaired) electrons. The Morgan fingerprint density at radius 2 is 1.89 bits per heavy atom. The van der Waals surface area contributed by atoms with Crippen molar-refractivity contribution in [2.24, 2.45) is 11.8 Å². The average molecular weight is 378 g/mol. The van der Waals surface area contributed by atoms with Crippen molar-refractivity contribution in [2.45, 2.75) is 52.9 Å². The number of aromatic nitrogens is 2. The van der Waals surface area contributed by atoms with Crippen LogP contribution in [-0.2, 0) is 12.8 Å². The van der Waals surface area contributed by atoms with Crippen molar-refractivity contribution in [3.05, 3.63) is 53.7 Å². The van der Waals surface area contributed by atoms with Crippen LogP contribution >= 0.6 is 0 Å². The molecule has 28 heavy (non-hydrogen) atoms. The minimum atomic E-state index is 0.414. The lowest BCUT2D eigenvalue weighted by Crippen LogP contribution is -2.39. The van der Waals surface area contributed by atoms with E-state index in [0.29, 0.717) is 5.92 Å². The molecule has 4 heteroatoms. The largest absolute Gasteiger partial charge is 0.462 e. The lowest BCUT2D eigenvalue weighted by Gasteiger charge is -2.37. The fourth-order valence-corrected chi connectivity index (χ4v) is 4.56. The van der Waals surface area contributed by atoms with Gasteiger partial charge in [-0.1, -0.05) is 27.7 Å². The normalized spacial score (nSPS) is 20.2. The maximum atomic E-state index is 5.67. The van der Waals surface area contributed by atoms with Crippen LogP contribution in [0.4, 0.5) is 5.69 Å². The predicted octanol–water partition coefficient (Wildman–Crippen LogP) is 5.61. The topological polar surface area (TPSA) is 42.2 Å². The summed E-state index contributed by atoms with van der Waals surface area (Å²) >= 11 is 0. The summed E-state index contributed by atoms with van der Waals surface area (Å²) in [7, 11) is 0. The molecule has 1 aliphatic rings. The molecule has 4 rings (SSSR count). The van der Waals surface area contributed by atoms with Gasteiger partial charge in [-0.15, -0.1) is 0 Å². The monoisotopic (exact) mass is 377 g/mol. The van der Waals surface area contributed by atoms with E-state index in [2.05, 4.69) is 55.8 Å². The lowest BCUT2D eigenvalue weighted by molar-refractivity contribution is 0.356. The molecule has 0 spiro atoms. The molecule has 4 nitrogen and oxygen atoms in total. The molecule has 3 aromatic heterocycles. The molecule has 1 fully saturated rings. The highest BCUT2D eigenvalue weighted by molar-refractivity contribution is 5.77. The van der Waals surface area contributed by atoms with Gasteiger partial charge in [-0.25, -0.2) is 4.98 Å².